The topological polar surface area (TPSA) is 58.6 Å². The normalized spacial score (nSPS) is 12.2. The van der Waals surface area contributed by atoms with E-state index in [1.807, 2.05) is 6.07 Å². The second-order valence-electron chi connectivity index (χ2n) is 6.90. The molecular weight excluding hydrogens is 335 g/mol. The summed E-state index contributed by atoms with van der Waals surface area (Å²) in [4.78, 5) is 26.6. The van der Waals surface area contributed by atoms with Gasteiger partial charge in [-0.2, -0.15) is 0 Å². The van der Waals surface area contributed by atoms with E-state index in [1.54, 1.807) is 45.0 Å². The number of halogens is 1. The highest BCUT2D eigenvalue weighted by Gasteiger charge is 2.31. The van der Waals surface area contributed by atoms with E-state index < -0.39 is 29.5 Å². The van der Waals surface area contributed by atoms with Crippen LogP contribution in [0.4, 0.5) is 14.9 Å². The van der Waals surface area contributed by atoms with Crippen LogP contribution < -0.4 is 5.32 Å². The molecule has 2 amide bonds. The third kappa shape index (κ3) is 5.31. The Morgan fingerprint density at radius 1 is 1.04 bits per heavy atom. The molecule has 5 nitrogen and oxygen atoms in total. The molecule has 6 heteroatoms. The second-order valence-corrected chi connectivity index (χ2v) is 6.90. The van der Waals surface area contributed by atoms with Crippen LogP contribution in [-0.2, 0) is 9.53 Å². The van der Waals surface area contributed by atoms with Gasteiger partial charge < -0.3 is 10.1 Å². The van der Waals surface area contributed by atoms with Crippen molar-refractivity contribution in [1.29, 1.82) is 0 Å². The molecule has 2 aromatic carbocycles. The molecule has 0 spiro atoms. The molecule has 0 aliphatic carbocycles. The van der Waals surface area contributed by atoms with E-state index in [0.29, 0.717) is 11.3 Å². The van der Waals surface area contributed by atoms with Crippen LogP contribution in [0.1, 0.15) is 32.4 Å². The molecule has 2 rings (SSSR count). The first-order valence-corrected chi connectivity index (χ1v) is 8.24. The summed E-state index contributed by atoms with van der Waals surface area (Å²) >= 11 is 0. The number of carbonyl (C=O) groups excluding carboxylic acids is 2. The fourth-order valence-electron chi connectivity index (χ4n) is 2.37. The summed E-state index contributed by atoms with van der Waals surface area (Å²) in [6.07, 6.45) is -0.611. The summed E-state index contributed by atoms with van der Waals surface area (Å²) in [6.45, 7) is 5.28. The summed E-state index contributed by atoms with van der Waals surface area (Å²) < 4.78 is 18.4. The van der Waals surface area contributed by atoms with Gasteiger partial charge in [0.25, 0.3) is 5.91 Å². The van der Waals surface area contributed by atoms with Crippen LogP contribution in [0.15, 0.2) is 54.6 Å². The molecule has 0 bridgehead atoms. The van der Waals surface area contributed by atoms with Crippen LogP contribution >= 0.6 is 0 Å². The van der Waals surface area contributed by atoms with Gasteiger partial charge in [0, 0.05) is 12.7 Å². The van der Waals surface area contributed by atoms with E-state index in [9.17, 15) is 14.0 Å². The maximum atomic E-state index is 13.1. The van der Waals surface area contributed by atoms with Crippen molar-refractivity contribution in [1.82, 2.24) is 4.90 Å². The lowest BCUT2D eigenvalue weighted by atomic mass is 10.0. The molecule has 0 saturated carbocycles. The zero-order valence-corrected chi connectivity index (χ0v) is 15.3. The predicted molar refractivity (Wildman–Crippen MR) is 98.2 cm³/mol. The largest absolute Gasteiger partial charge is 0.444 e. The first-order valence-electron chi connectivity index (χ1n) is 8.24. The van der Waals surface area contributed by atoms with Gasteiger partial charge in [0.1, 0.15) is 17.5 Å². The molecule has 0 radical (unpaired) electrons. The van der Waals surface area contributed by atoms with Crippen molar-refractivity contribution in [3.8, 4) is 0 Å². The summed E-state index contributed by atoms with van der Waals surface area (Å²) in [5.41, 5.74) is 0.399. The molecule has 26 heavy (non-hydrogen) atoms. The van der Waals surface area contributed by atoms with Crippen LogP contribution in [-0.4, -0.2) is 29.5 Å². The monoisotopic (exact) mass is 358 g/mol. The average Bonchev–Trinajstić information content (AvgIpc) is 2.56. The van der Waals surface area contributed by atoms with Gasteiger partial charge in [-0.05, 0) is 50.6 Å². The Bertz CT molecular complexity index is 755. The average molecular weight is 358 g/mol. The molecule has 0 aromatic heterocycles. The number of hydrogen-bond acceptors (Lipinski definition) is 3. The minimum absolute atomic E-state index is 0.395. The summed E-state index contributed by atoms with van der Waals surface area (Å²) in [7, 11) is 1.51. The van der Waals surface area contributed by atoms with Crippen molar-refractivity contribution in [2.45, 2.75) is 32.4 Å². The highest BCUT2D eigenvalue weighted by atomic mass is 19.1. The lowest BCUT2D eigenvalue weighted by Crippen LogP contribution is -2.41. The fraction of sp³-hybridized carbons (Fsp3) is 0.300. The first-order chi connectivity index (χ1) is 12.2. The van der Waals surface area contributed by atoms with Gasteiger partial charge in [-0.1, -0.05) is 30.3 Å². The molecule has 0 heterocycles. The Kier molecular flexibility index (Phi) is 5.97. The Labute approximate surface area is 152 Å². The number of nitrogens with zero attached hydrogens (tertiary/aromatic N) is 1. The van der Waals surface area contributed by atoms with E-state index in [-0.39, 0.29) is 0 Å². The Morgan fingerprint density at radius 2 is 1.62 bits per heavy atom. The number of ether oxygens (including phenoxy) is 1. The number of anilines is 1. The van der Waals surface area contributed by atoms with E-state index in [2.05, 4.69) is 5.32 Å². The third-order valence-electron chi connectivity index (χ3n) is 3.54. The van der Waals surface area contributed by atoms with Crippen molar-refractivity contribution in [3.63, 3.8) is 0 Å². The number of rotatable bonds is 4. The van der Waals surface area contributed by atoms with E-state index in [4.69, 9.17) is 4.74 Å². The Morgan fingerprint density at radius 3 is 2.15 bits per heavy atom. The van der Waals surface area contributed by atoms with Gasteiger partial charge in [-0.15, -0.1) is 0 Å². The Hall–Kier alpha value is -2.89. The van der Waals surface area contributed by atoms with Crippen LogP contribution in [0.5, 0.6) is 0 Å². The van der Waals surface area contributed by atoms with Crippen molar-refractivity contribution in [3.05, 3.63) is 66.0 Å². The lowest BCUT2D eigenvalue weighted by Gasteiger charge is -2.30. The number of likely N-dealkylation sites (N-methyl/N-ethyl adjacent to an activating group) is 1. The number of hydrogen-bond donors (Lipinski definition) is 1. The highest BCUT2D eigenvalue weighted by Crippen LogP contribution is 2.24. The highest BCUT2D eigenvalue weighted by molar-refractivity contribution is 5.97. The smallest absolute Gasteiger partial charge is 0.410 e. The van der Waals surface area contributed by atoms with Crippen LogP contribution in [0.25, 0.3) is 0 Å². The van der Waals surface area contributed by atoms with Crippen molar-refractivity contribution in [2.24, 2.45) is 0 Å². The minimum atomic E-state index is -0.892. The summed E-state index contributed by atoms with van der Waals surface area (Å²) in [5.74, 6) is -0.815. The lowest BCUT2D eigenvalue weighted by molar-refractivity contribution is -0.121. The molecule has 138 valence electrons. The number of benzene rings is 2. The molecule has 0 aliphatic rings. The molecule has 2 aromatic rings. The van der Waals surface area contributed by atoms with E-state index >= 15 is 0 Å². The minimum Gasteiger partial charge on any atom is -0.444 e. The van der Waals surface area contributed by atoms with Gasteiger partial charge in [0.2, 0.25) is 0 Å². The van der Waals surface area contributed by atoms with Crippen molar-refractivity contribution < 1.29 is 18.7 Å². The van der Waals surface area contributed by atoms with Gasteiger partial charge in [0.05, 0.1) is 0 Å². The van der Waals surface area contributed by atoms with Crippen LogP contribution in [0.2, 0.25) is 0 Å². The molecule has 1 N–H and O–H groups in total. The molecule has 0 saturated heterocycles. The molecule has 1 atom stereocenters. The molecule has 0 fully saturated rings. The van der Waals surface area contributed by atoms with Crippen LogP contribution in [0.3, 0.4) is 0 Å². The van der Waals surface area contributed by atoms with Crippen LogP contribution in [0, 0.1) is 5.82 Å². The predicted octanol–water partition coefficient (Wildman–Crippen LogP) is 4.37. The molecule has 0 unspecified atom stereocenters. The zero-order chi connectivity index (χ0) is 19.3. The van der Waals surface area contributed by atoms with E-state index in [0.717, 1.165) is 0 Å². The second kappa shape index (κ2) is 7.99. The third-order valence-corrected chi connectivity index (χ3v) is 3.54. The number of amides is 2. The van der Waals surface area contributed by atoms with Gasteiger partial charge in [-0.25, -0.2) is 9.18 Å². The van der Waals surface area contributed by atoms with Gasteiger partial charge in [-0.3, -0.25) is 9.69 Å². The number of nitrogens with one attached hydrogen (secondary N) is 1. The van der Waals surface area contributed by atoms with Gasteiger partial charge in [0.15, 0.2) is 0 Å². The standard InChI is InChI=1S/C20H23FN2O3/c1-20(2,3)26-19(25)23(4)17(14-8-6-5-7-9-14)18(24)22-16-12-10-15(21)11-13-16/h5-13,17H,1-4H3,(H,22,24)/t17-/m1/s1. The summed E-state index contributed by atoms with van der Waals surface area (Å²) in [5, 5.41) is 2.71. The maximum Gasteiger partial charge on any atom is 0.410 e. The van der Waals surface area contributed by atoms with E-state index in [1.165, 1.54) is 36.2 Å². The summed E-state index contributed by atoms with van der Waals surface area (Å²) in [6, 6.07) is 13.5. The SMILES string of the molecule is CN(C(=O)OC(C)(C)C)[C@@H](C(=O)Nc1ccc(F)cc1)c1ccccc1. The first kappa shape index (κ1) is 19.4. The quantitative estimate of drug-likeness (QED) is 0.883. The molecule has 0 aliphatic heterocycles. The maximum absolute atomic E-state index is 13.1. The van der Waals surface area contributed by atoms with Gasteiger partial charge >= 0.3 is 6.09 Å². The number of carbonyl (C=O) groups is 2. The zero-order valence-electron chi connectivity index (χ0n) is 15.3. The Balaban J connectivity index is 2.27. The molecular formula is C20H23FN2O3. The fourth-order valence-corrected chi connectivity index (χ4v) is 2.37. The van der Waals surface area contributed by atoms with Crippen molar-refractivity contribution in [2.75, 3.05) is 12.4 Å². The van der Waals surface area contributed by atoms with Crippen molar-refractivity contribution >= 4 is 17.7 Å².